The molecule has 0 aliphatic heterocycles. The van der Waals surface area contributed by atoms with Gasteiger partial charge in [-0.1, -0.05) is 31.2 Å². The number of aryl methyl sites for hydroxylation is 1. The molecule has 3 rings (SSSR count). The summed E-state index contributed by atoms with van der Waals surface area (Å²) < 4.78 is 27.9. The number of hydrogen-bond acceptors (Lipinski definition) is 4. The Kier molecular flexibility index (Phi) is 3.88. The number of benzene rings is 1. The Labute approximate surface area is 128 Å². The molecule has 0 saturated carbocycles. The fourth-order valence-electron chi connectivity index (χ4n) is 2.63. The van der Waals surface area contributed by atoms with Gasteiger partial charge in [0.1, 0.15) is 4.21 Å². The number of sulfonamides is 1. The monoisotopic (exact) mass is 323 g/mol. The molecule has 2 aromatic rings. The Morgan fingerprint density at radius 3 is 2.76 bits per heavy atom. The lowest BCUT2D eigenvalue weighted by molar-refractivity contribution is 0.151. The van der Waals surface area contributed by atoms with Gasteiger partial charge in [0.15, 0.2) is 0 Å². The van der Waals surface area contributed by atoms with Crippen LogP contribution in [0.15, 0.2) is 40.6 Å². The van der Waals surface area contributed by atoms with Crippen molar-refractivity contribution in [3.8, 4) is 0 Å². The molecule has 1 aliphatic carbocycles. The first-order valence-electron chi connectivity index (χ1n) is 6.88. The number of rotatable bonds is 4. The third kappa shape index (κ3) is 2.76. The number of aliphatic hydroxyl groups is 1. The highest BCUT2D eigenvalue weighted by atomic mass is 32.2. The second kappa shape index (κ2) is 5.53. The van der Waals surface area contributed by atoms with Gasteiger partial charge in [0.25, 0.3) is 10.0 Å². The van der Waals surface area contributed by atoms with Crippen LogP contribution in [-0.2, 0) is 22.9 Å². The molecule has 0 bridgehead atoms. The molecule has 1 aliphatic rings. The number of thiophene rings is 1. The highest BCUT2D eigenvalue weighted by Crippen LogP contribution is 2.33. The molecule has 2 N–H and O–H groups in total. The highest BCUT2D eigenvalue weighted by molar-refractivity contribution is 7.91. The zero-order valence-electron chi connectivity index (χ0n) is 11.6. The Hall–Kier alpha value is -1.21. The second-order valence-corrected chi connectivity index (χ2v) is 8.25. The van der Waals surface area contributed by atoms with Crippen LogP contribution in [0.1, 0.15) is 29.0 Å². The molecule has 0 fully saturated rings. The van der Waals surface area contributed by atoms with Crippen molar-refractivity contribution >= 4 is 21.4 Å². The summed E-state index contributed by atoms with van der Waals surface area (Å²) in [5.41, 5.74) is 1.86. The van der Waals surface area contributed by atoms with Crippen LogP contribution in [0, 0.1) is 0 Å². The Bertz CT molecular complexity index is 752. The van der Waals surface area contributed by atoms with Gasteiger partial charge in [0, 0.05) is 11.3 Å². The van der Waals surface area contributed by atoms with Crippen molar-refractivity contribution < 1.29 is 13.5 Å². The third-order valence-electron chi connectivity index (χ3n) is 3.74. The predicted octanol–water partition coefficient (Wildman–Crippen LogP) is 2.25. The number of aliphatic hydroxyl groups excluding tert-OH is 1. The van der Waals surface area contributed by atoms with Crippen LogP contribution in [0.25, 0.3) is 0 Å². The lowest BCUT2D eigenvalue weighted by atomic mass is 10.1. The van der Waals surface area contributed by atoms with Crippen LogP contribution in [-0.4, -0.2) is 19.6 Å². The molecule has 2 atom stereocenters. The lowest BCUT2D eigenvalue weighted by Crippen LogP contribution is -2.33. The Morgan fingerprint density at radius 1 is 1.29 bits per heavy atom. The maximum atomic E-state index is 12.5. The van der Waals surface area contributed by atoms with E-state index in [9.17, 15) is 13.5 Å². The van der Waals surface area contributed by atoms with Crippen LogP contribution in [0.4, 0.5) is 0 Å². The number of hydrogen-bond donors (Lipinski definition) is 2. The smallest absolute Gasteiger partial charge is 0.250 e. The first kappa shape index (κ1) is 14.7. The van der Waals surface area contributed by atoms with E-state index in [1.807, 2.05) is 37.3 Å². The lowest BCUT2D eigenvalue weighted by Gasteiger charge is -2.17. The topological polar surface area (TPSA) is 66.4 Å². The average Bonchev–Trinajstić information content (AvgIpc) is 3.05. The van der Waals surface area contributed by atoms with Gasteiger partial charge in [0.2, 0.25) is 0 Å². The van der Waals surface area contributed by atoms with Crippen molar-refractivity contribution in [3.05, 3.63) is 52.4 Å². The normalized spacial score (nSPS) is 21.4. The van der Waals surface area contributed by atoms with Crippen molar-refractivity contribution in [2.75, 3.05) is 0 Å². The zero-order valence-corrected chi connectivity index (χ0v) is 13.2. The molecular weight excluding hydrogens is 306 g/mol. The van der Waals surface area contributed by atoms with Gasteiger partial charge in [-0.3, -0.25) is 0 Å². The Morgan fingerprint density at radius 2 is 2.05 bits per heavy atom. The van der Waals surface area contributed by atoms with E-state index in [0.29, 0.717) is 10.6 Å². The molecule has 1 aromatic carbocycles. The quantitative estimate of drug-likeness (QED) is 0.907. The maximum absolute atomic E-state index is 12.5. The van der Waals surface area contributed by atoms with Gasteiger partial charge in [-0.05, 0) is 29.7 Å². The summed E-state index contributed by atoms with van der Waals surface area (Å²) in [6, 6.07) is 10.4. The van der Waals surface area contributed by atoms with E-state index in [1.54, 1.807) is 6.07 Å². The van der Waals surface area contributed by atoms with Gasteiger partial charge in [-0.25, -0.2) is 13.1 Å². The average molecular weight is 323 g/mol. The minimum atomic E-state index is -3.60. The molecule has 112 valence electrons. The molecule has 4 nitrogen and oxygen atoms in total. The van der Waals surface area contributed by atoms with Gasteiger partial charge in [-0.15, -0.1) is 11.3 Å². The summed E-state index contributed by atoms with van der Waals surface area (Å²) >= 11 is 1.27. The van der Waals surface area contributed by atoms with E-state index in [1.165, 1.54) is 11.3 Å². The molecule has 21 heavy (non-hydrogen) atoms. The van der Waals surface area contributed by atoms with Crippen molar-refractivity contribution in [2.24, 2.45) is 0 Å². The maximum Gasteiger partial charge on any atom is 0.250 e. The summed E-state index contributed by atoms with van der Waals surface area (Å²) in [5, 5.41) is 10.1. The van der Waals surface area contributed by atoms with Gasteiger partial charge in [-0.2, -0.15) is 0 Å². The summed E-state index contributed by atoms with van der Waals surface area (Å²) in [6.45, 7) is 1.99. The number of fused-ring (bicyclic) bond motifs is 1. The molecule has 1 heterocycles. The van der Waals surface area contributed by atoms with E-state index < -0.39 is 22.2 Å². The minimum Gasteiger partial charge on any atom is -0.391 e. The van der Waals surface area contributed by atoms with Gasteiger partial charge < -0.3 is 5.11 Å². The fourth-order valence-corrected chi connectivity index (χ4v) is 5.19. The molecule has 0 radical (unpaired) electrons. The summed E-state index contributed by atoms with van der Waals surface area (Å²) in [7, 11) is -3.60. The van der Waals surface area contributed by atoms with E-state index >= 15 is 0 Å². The third-order valence-corrected chi connectivity index (χ3v) is 6.90. The minimum absolute atomic E-state index is 0.302. The molecule has 0 unspecified atom stereocenters. The van der Waals surface area contributed by atoms with Crippen LogP contribution in [0.3, 0.4) is 0 Å². The van der Waals surface area contributed by atoms with E-state index in [2.05, 4.69) is 4.72 Å². The van der Waals surface area contributed by atoms with Crippen LogP contribution in [0.5, 0.6) is 0 Å². The van der Waals surface area contributed by atoms with E-state index in [4.69, 9.17) is 0 Å². The zero-order chi connectivity index (χ0) is 15.0. The SMILES string of the molecule is CCc1ccc(S(=O)(=O)N[C@@H]2c3ccccc3C[C@@H]2O)s1. The summed E-state index contributed by atoms with van der Waals surface area (Å²) in [5.74, 6) is 0. The largest absolute Gasteiger partial charge is 0.391 e. The van der Waals surface area contributed by atoms with Crippen molar-refractivity contribution in [2.45, 2.75) is 36.1 Å². The van der Waals surface area contributed by atoms with Crippen molar-refractivity contribution in [1.29, 1.82) is 0 Å². The molecule has 6 heteroatoms. The molecule has 1 aromatic heterocycles. The molecule has 0 spiro atoms. The highest BCUT2D eigenvalue weighted by Gasteiger charge is 2.34. The van der Waals surface area contributed by atoms with Gasteiger partial charge >= 0.3 is 0 Å². The van der Waals surface area contributed by atoms with E-state index in [0.717, 1.165) is 22.4 Å². The van der Waals surface area contributed by atoms with Crippen LogP contribution >= 0.6 is 11.3 Å². The van der Waals surface area contributed by atoms with Crippen molar-refractivity contribution in [1.82, 2.24) is 4.72 Å². The van der Waals surface area contributed by atoms with Crippen molar-refractivity contribution in [3.63, 3.8) is 0 Å². The van der Waals surface area contributed by atoms with Crippen LogP contribution < -0.4 is 4.72 Å². The van der Waals surface area contributed by atoms with Crippen LogP contribution in [0.2, 0.25) is 0 Å². The first-order chi connectivity index (χ1) is 10.0. The summed E-state index contributed by atoms with van der Waals surface area (Å²) in [4.78, 5) is 1.03. The molecule has 0 saturated heterocycles. The molecular formula is C15H17NO3S2. The predicted molar refractivity (Wildman–Crippen MR) is 82.9 cm³/mol. The second-order valence-electron chi connectivity index (χ2n) is 5.14. The van der Waals surface area contributed by atoms with Gasteiger partial charge in [0.05, 0.1) is 12.1 Å². The number of nitrogens with one attached hydrogen (secondary N) is 1. The van der Waals surface area contributed by atoms with E-state index in [-0.39, 0.29) is 0 Å². The Balaban J connectivity index is 1.89. The fraction of sp³-hybridized carbons (Fsp3) is 0.333. The summed E-state index contributed by atoms with van der Waals surface area (Å²) in [6.07, 6.45) is 0.575. The molecule has 0 amide bonds. The first-order valence-corrected chi connectivity index (χ1v) is 9.18. The standard InChI is InChI=1S/C15H17NO3S2/c1-2-11-7-8-14(20-11)21(18,19)16-15-12-6-4-3-5-10(12)9-13(15)17/h3-8,13,15-17H,2,9H2,1H3/t13-,15+/m0/s1.